The van der Waals surface area contributed by atoms with Gasteiger partial charge in [-0.25, -0.2) is 0 Å². The maximum atomic E-state index is 13.2. The molecule has 5 heteroatoms. The van der Waals surface area contributed by atoms with Gasteiger partial charge in [0.15, 0.2) is 0 Å². The first-order chi connectivity index (χ1) is 13.2. The lowest BCUT2D eigenvalue weighted by molar-refractivity contribution is -0.126. The van der Waals surface area contributed by atoms with E-state index in [0.717, 1.165) is 47.4 Å². The summed E-state index contributed by atoms with van der Waals surface area (Å²) in [5.41, 5.74) is 2.64. The molecule has 1 N–H and O–H groups in total. The molecule has 1 aliphatic rings. The number of thiophene rings is 1. The lowest BCUT2D eigenvalue weighted by Gasteiger charge is -2.28. The molecule has 138 valence electrons. The highest BCUT2D eigenvalue weighted by atomic mass is 35.5. The van der Waals surface area contributed by atoms with Gasteiger partial charge in [0.1, 0.15) is 0 Å². The van der Waals surface area contributed by atoms with E-state index in [0.29, 0.717) is 11.6 Å². The van der Waals surface area contributed by atoms with Crippen LogP contribution in [0.3, 0.4) is 0 Å². The maximum Gasteiger partial charge on any atom is 0.230 e. The van der Waals surface area contributed by atoms with Crippen molar-refractivity contribution in [3.05, 3.63) is 76.3 Å². The monoisotopic (exact) mass is 396 g/mol. The number of amides is 1. The third-order valence-corrected chi connectivity index (χ3v) is 6.48. The normalized spacial score (nSPS) is 15.6. The summed E-state index contributed by atoms with van der Waals surface area (Å²) in [6, 6.07) is 15.8. The summed E-state index contributed by atoms with van der Waals surface area (Å²) >= 11 is 7.70. The van der Waals surface area contributed by atoms with Crippen LogP contribution in [0.1, 0.15) is 36.8 Å². The molecule has 3 nitrogen and oxygen atoms in total. The van der Waals surface area contributed by atoms with Crippen molar-refractivity contribution in [2.24, 2.45) is 0 Å². The standard InChI is InChI=1S/C22H21ClN2OS/c23-18-7-5-17(6-8-18)22(10-1-2-11-22)21(26)25-15-16-9-12-24-19(14-16)20-4-3-13-27-20/h3-9,12-14H,1-2,10-11,15H2,(H,25,26). The van der Waals surface area contributed by atoms with Gasteiger partial charge < -0.3 is 5.32 Å². The van der Waals surface area contributed by atoms with Crippen molar-refractivity contribution >= 4 is 28.8 Å². The van der Waals surface area contributed by atoms with E-state index in [9.17, 15) is 4.79 Å². The first-order valence-electron chi connectivity index (χ1n) is 9.21. The Balaban J connectivity index is 1.51. The van der Waals surface area contributed by atoms with Gasteiger partial charge in [-0.05, 0) is 59.7 Å². The molecule has 2 heterocycles. The maximum absolute atomic E-state index is 13.2. The van der Waals surface area contributed by atoms with E-state index in [4.69, 9.17) is 11.6 Å². The fraction of sp³-hybridized carbons (Fsp3) is 0.273. The van der Waals surface area contributed by atoms with E-state index < -0.39 is 5.41 Å². The fourth-order valence-electron chi connectivity index (χ4n) is 3.89. The van der Waals surface area contributed by atoms with Gasteiger partial charge in [0.25, 0.3) is 0 Å². The molecule has 1 aliphatic carbocycles. The van der Waals surface area contributed by atoms with Gasteiger partial charge in [0.05, 0.1) is 16.0 Å². The Bertz CT molecular complexity index is 916. The Morgan fingerprint density at radius 1 is 1.15 bits per heavy atom. The number of benzene rings is 1. The molecular weight excluding hydrogens is 376 g/mol. The molecule has 0 spiro atoms. The third-order valence-electron chi connectivity index (χ3n) is 5.34. The molecule has 1 fully saturated rings. The highest BCUT2D eigenvalue weighted by molar-refractivity contribution is 7.13. The molecule has 0 aliphatic heterocycles. The van der Waals surface area contributed by atoms with Crippen molar-refractivity contribution in [1.29, 1.82) is 0 Å². The molecule has 1 aromatic carbocycles. The topological polar surface area (TPSA) is 42.0 Å². The van der Waals surface area contributed by atoms with E-state index in [-0.39, 0.29) is 5.91 Å². The first kappa shape index (κ1) is 18.2. The lowest BCUT2D eigenvalue weighted by atomic mass is 9.78. The van der Waals surface area contributed by atoms with Crippen LogP contribution in [0.15, 0.2) is 60.1 Å². The lowest BCUT2D eigenvalue weighted by Crippen LogP contribution is -2.42. The predicted molar refractivity (Wildman–Crippen MR) is 111 cm³/mol. The van der Waals surface area contributed by atoms with Crippen molar-refractivity contribution < 1.29 is 4.79 Å². The summed E-state index contributed by atoms with van der Waals surface area (Å²) in [6.45, 7) is 0.509. The van der Waals surface area contributed by atoms with E-state index in [1.807, 2.05) is 41.8 Å². The summed E-state index contributed by atoms with van der Waals surface area (Å²) in [6.07, 6.45) is 5.73. The second kappa shape index (κ2) is 7.83. The van der Waals surface area contributed by atoms with E-state index in [1.165, 1.54) is 0 Å². The smallest absolute Gasteiger partial charge is 0.230 e. The van der Waals surface area contributed by atoms with Gasteiger partial charge in [-0.3, -0.25) is 9.78 Å². The zero-order chi connectivity index (χ0) is 18.7. The summed E-state index contributed by atoms with van der Waals surface area (Å²) in [7, 11) is 0. The number of hydrogen-bond acceptors (Lipinski definition) is 3. The van der Waals surface area contributed by atoms with Crippen LogP contribution in [0.25, 0.3) is 10.6 Å². The molecular formula is C22H21ClN2OS. The molecule has 0 radical (unpaired) electrons. The van der Waals surface area contributed by atoms with E-state index in [2.05, 4.69) is 22.4 Å². The van der Waals surface area contributed by atoms with Gasteiger partial charge in [-0.2, -0.15) is 0 Å². The number of hydrogen-bond donors (Lipinski definition) is 1. The summed E-state index contributed by atoms with van der Waals surface area (Å²) in [4.78, 5) is 18.8. The Hall–Kier alpha value is -2.17. The van der Waals surface area contributed by atoms with Crippen LogP contribution in [-0.2, 0) is 16.8 Å². The fourth-order valence-corrected chi connectivity index (χ4v) is 4.71. The molecule has 2 aromatic heterocycles. The largest absolute Gasteiger partial charge is 0.351 e. The number of rotatable bonds is 5. The van der Waals surface area contributed by atoms with Gasteiger partial charge in [0, 0.05) is 17.8 Å². The van der Waals surface area contributed by atoms with Crippen LogP contribution in [0.4, 0.5) is 0 Å². The minimum atomic E-state index is -0.436. The van der Waals surface area contributed by atoms with Crippen LogP contribution < -0.4 is 5.32 Å². The van der Waals surface area contributed by atoms with Gasteiger partial charge in [-0.1, -0.05) is 42.6 Å². The number of nitrogens with zero attached hydrogens (tertiary/aromatic N) is 1. The third kappa shape index (κ3) is 3.78. The van der Waals surface area contributed by atoms with Crippen molar-refractivity contribution in [2.45, 2.75) is 37.6 Å². The Morgan fingerprint density at radius 3 is 2.63 bits per heavy atom. The average Bonchev–Trinajstić information content (AvgIpc) is 3.39. The second-order valence-electron chi connectivity index (χ2n) is 7.01. The van der Waals surface area contributed by atoms with Crippen molar-refractivity contribution in [2.75, 3.05) is 0 Å². The van der Waals surface area contributed by atoms with Gasteiger partial charge in [-0.15, -0.1) is 11.3 Å². The molecule has 0 atom stereocenters. The average molecular weight is 397 g/mol. The zero-order valence-corrected chi connectivity index (χ0v) is 16.5. The number of nitrogens with one attached hydrogen (secondary N) is 1. The predicted octanol–water partition coefficient (Wildman–Crippen LogP) is 5.59. The number of aromatic nitrogens is 1. The first-order valence-corrected chi connectivity index (χ1v) is 10.5. The molecule has 1 amide bonds. The molecule has 0 saturated heterocycles. The number of halogens is 1. The number of carbonyl (C=O) groups excluding carboxylic acids is 1. The SMILES string of the molecule is O=C(NCc1ccnc(-c2cccs2)c1)C1(c2ccc(Cl)cc2)CCCC1. The molecule has 0 unspecified atom stereocenters. The van der Waals surface area contributed by atoms with E-state index in [1.54, 1.807) is 17.5 Å². The van der Waals surface area contributed by atoms with Gasteiger partial charge in [0.2, 0.25) is 5.91 Å². The quantitative estimate of drug-likeness (QED) is 0.610. The molecule has 27 heavy (non-hydrogen) atoms. The number of carbonyl (C=O) groups is 1. The second-order valence-corrected chi connectivity index (χ2v) is 8.39. The van der Waals surface area contributed by atoms with Gasteiger partial charge >= 0.3 is 0 Å². The van der Waals surface area contributed by atoms with Crippen molar-refractivity contribution in [1.82, 2.24) is 10.3 Å². The van der Waals surface area contributed by atoms with E-state index >= 15 is 0 Å². The minimum absolute atomic E-state index is 0.108. The minimum Gasteiger partial charge on any atom is -0.351 e. The van der Waals surface area contributed by atoms with Crippen LogP contribution in [-0.4, -0.2) is 10.9 Å². The molecule has 0 bridgehead atoms. The Morgan fingerprint density at radius 2 is 1.93 bits per heavy atom. The molecule has 3 aromatic rings. The summed E-state index contributed by atoms with van der Waals surface area (Å²) < 4.78 is 0. The van der Waals surface area contributed by atoms with Crippen LogP contribution in [0.2, 0.25) is 5.02 Å². The number of pyridine rings is 1. The molecule has 1 saturated carbocycles. The highest BCUT2D eigenvalue weighted by Gasteiger charge is 2.42. The molecule has 4 rings (SSSR count). The highest BCUT2D eigenvalue weighted by Crippen LogP contribution is 2.41. The summed E-state index contributed by atoms with van der Waals surface area (Å²) in [5, 5.41) is 5.91. The zero-order valence-electron chi connectivity index (χ0n) is 15.0. The van der Waals surface area contributed by atoms with Crippen molar-refractivity contribution in [3.8, 4) is 10.6 Å². The van der Waals surface area contributed by atoms with Crippen LogP contribution in [0.5, 0.6) is 0 Å². The summed E-state index contributed by atoms with van der Waals surface area (Å²) in [5.74, 6) is 0.108. The van der Waals surface area contributed by atoms with Crippen molar-refractivity contribution in [3.63, 3.8) is 0 Å². The Labute approximate surface area is 168 Å². The Kier molecular flexibility index (Phi) is 5.28. The van der Waals surface area contributed by atoms with Crippen LogP contribution >= 0.6 is 22.9 Å². The van der Waals surface area contributed by atoms with Crippen LogP contribution in [0, 0.1) is 0 Å².